The second-order valence-corrected chi connectivity index (χ2v) is 4.71. The first kappa shape index (κ1) is 15.5. The standard InChI is InChI=1S/C15H24N2O2/c1-4-19-10-6-9-16-15(18)17-14-8-5-7-13(11-14)12(2)3/h5,7-8,11-12H,4,6,9-10H2,1-3H3,(H2,16,17,18). The van der Waals surface area contributed by atoms with Crippen LogP contribution in [0.15, 0.2) is 24.3 Å². The van der Waals surface area contributed by atoms with Gasteiger partial charge in [-0.25, -0.2) is 4.79 Å². The van der Waals surface area contributed by atoms with Crippen molar-refractivity contribution in [2.24, 2.45) is 0 Å². The van der Waals surface area contributed by atoms with Crippen LogP contribution in [0.2, 0.25) is 0 Å². The van der Waals surface area contributed by atoms with Gasteiger partial charge < -0.3 is 15.4 Å². The summed E-state index contributed by atoms with van der Waals surface area (Å²) in [6, 6.07) is 7.75. The number of benzene rings is 1. The third-order valence-corrected chi connectivity index (χ3v) is 2.77. The van der Waals surface area contributed by atoms with Gasteiger partial charge in [0, 0.05) is 25.4 Å². The van der Waals surface area contributed by atoms with Gasteiger partial charge >= 0.3 is 6.03 Å². The molecule has 0 bridgehead atoms. The molecular weight excluding hydrogens is 240 g/mol. The summed E-state index contributed by atoms with van der Waals surface area (Å²) in [5.74, 6) is 0.455. The van der Waals surface area contributed by atoms with Crippen molar-refractivity contribution in [3.63, 3.8) is 0 Å². The fraction of sp³-hybridized carbons (Fsp3) is 0.533. The summed E-state index contributed by atoms with van der Waals surface area (Å²) in [4.78, 5) is 11.7. The number of hydrogen-bond donors (Lipinski definition) is 2. The highest BCUT2D eigenvalue weighted by Crippen LogP contribution is 2.18. The quantitative estimate of drug-likeness (QED) is 0.742. The van der Waals surface area contributed by atoms with Crippen molar-refractivity contribution >= 4 is 11.7 Å². The average Bonchev–Trinajstić information content (AvgIpc) is 2.38. The molecule has 1 aromatic carbocycles. The van der Waals surface area contributed by atoms with Crippen LogP contribution in [-0.4, -0.2) is 25.8 Å². The monoisotopic (exact) mass is 264 g/mol. The topological polar surface area (TPSA) is 50.4 Å². The van der Waals surface area contributed by atoms with Crippen LogP contribution in [0.4, 0.5) is 10.5 Å². The van der Waals surface area contributed by atoms with Crippen molar-refractivity contribution < 1.29 is 9.53 Å². The first-order valence-electron chi connectivity index (χ1n) is 6.86. The maximum absolute atomic E-state index is 11.7. The lowest BCUT2D eigenvalue weighted by molar-refractivity contribution is 0.145. The molecular formula is C15H24N2O2. The third kappa shape index (κ3) is 6.25. The van der Waals surface area contributed by atoms with E-state index in [4.69, 9.17) is 4.74 Å². The van der Waals surface area contributed by atoms with Crippen molar-refractivity contribution in [1.29, 1.82) is 0 Å². The van der Waals surface area contributed by atoms with Gasteiger partial charge in [0.05, 0.1) is 0 Å². The summed E-state index contributed by atoms with van der Waals surface area (Å²) in [7, 11) is 0. The van der Waals surface area contributed by atoms with E-state index in [2.05, 4.69) is 30.5 Å². The Morgan fingerprint density at radius 3 is 2.84 bits per heavy atom. The number of amides is 2. The number of ether oxygens (including phenoxy) is 1. The van der Waals surface area contributed by atoms with Gasteiger partial charge in [0.2, 0.25) is 0 Å². The lowest BCUT2D eigenvalue weighted by atomic mass is 10.0. The van der Waals surface area contributed by atoms with E-state index in [1.165, 1.54) is 5.56 Å². The minimum Gasteiger partial charge on any atom is -0.382 e. The van der Waals surface area contributed by atoms with Crippen LogP contribution in [-0.2, 0) is 4.74 Å². The number of hydrogen-bond acceptors (Lipinski definition) is 2. The zero-order valence-electron chi connectivity index (χ0n) is 12.0. The summed E-state index contributed by atoms with van der Waals surface area (Å²) in [6.07, 6.45) is 0.827. The minimum absolute atomic E-state index is 0.169. The normalized spacial score (nSPS) is 10.5. The Kier molecular flexibility index (Phi) is 6.97. The van der Waals surface area contributed by atoms with E-state index in [1.807, 2.05) is 25.1 Å². The molecule has 1 rings (SSSR count). The van der Waals surface area contributed by atoms with Crippen LogP contribution in [0.1, 0.15) is 38.7 Å². The number of anilines is 1. The molecule has 0 heterocycles. The molecule has 0 unspecified atom stereocenters. The fourth-order valence-corrected chi connectivity index (χ4v) is 1.67. The summed E-state index contributed by atoms with van der Waals surface area (Å²) in [5.41, 5.74) is 2.04. The molecule has 0 radical (unpaired) electrons. The maximum Gasteiger partial charge on any atom is 0.319 e. The van der Waals surface area contributed by atoms with E-state index < -0.39 is 0 Å². The molecule has 0 saturated carbocycles. The molecule has 106 valence electrons. The van der Waals surface area contributed by atoms with E-state index in [1.54, 1.807) is 0 Å². The molecule has 4 nitrogen and oxygen atoms in total. The van der Waals surface area contributed by atoms with Gasteiger partial charge in [-0.2, -0.15) is 0 Å². The molecule has 0 spiro atoms. The van der Waals surface area contributed by atoms with Crippen LogP contribution in [0, 0.1) is 0 Å². The largest absolute Gasteiger partial charge is 0.382 e. The molecule has 0 aliphatic rings. The summed E-state index contributed by atoms with van der Waals surface area (Å²) in [6.45, 7) is 8.24. The second-order valence-electron chi connectivity index (χ2n) is 4.71. The predicted molar refractivity (Wildman–Crippen MR) is 78.7 cm³/mol. The van der Waals surface area contributed by atoms with E-state index in [9.17, 15) is 4.79 Å². The second kappa shape index (κ2) is 8.53. The summed E-state index contributed by atoms with van der Waals surface area (Å²) >= 11 is 0. The maximum atomic E-state index is 11.7. The molecule has 0 aliphatic heterocycles. The minimum atomic E-state index is -0.169. The Bertz CT molecular complexity index is 391. The van der Waals surface area contributed by atoms with Gasteiger partial charge in [0.25, 0.3) is 0 Å². The highest BCUT2D eigenvalue weighted by Gasteiger charge is 2.03. The van der Waals surface area contributed by atoms with Gasteiger partial charge in [-0.05, 0) is 37.0 Å². The van der Waals surface area contributed by atoms with E-state index in [0.29, 0.717) is 25.7 Å². The van der Waals surface area contributed by atoms with E-state index in [0.717, 1.165) is 12.1 Å². The zero-order valence-corrected chi connectivity index (χ0v) is 12.0. The third-order valence-electron chi connectivity index (χ3n) is 2.77. The Hall–Kier alpha value is -1.55. The number of carbonyl (C=O) groups is 1. The lowest BCUT2D eigenvalue weighted by Gasteiger charge is -2.10. The molecule has 0 aromatic heterocycles. The SMILES string of the molecule is CCOCCCNC(=O)Nc1cccc(C(C)C)c1. The molecule has 0 aliphatic carbocycles. The molecule has 0 atom stereocenters. The van der Waals surface area contributed by atoms with E-state index in [-0.39, 0.29) is 6.03 Å². The Morgan fingerprint density at radius 1 is 1.37 bits per heavy atom. The Labute approximate surface area is 115 Å². The molecule has 19 heavy (non-hydrogen) atoms. The number of nitrogens with one attached hydrogen (secondary N) is 2. The van der Waals surface area contributed by atoms with Gasteiger partial charge in [0.15, 0.2) is 0 Å². The summed E-state index contributed by atoms with van der Waals surface area (Å²) < 4.78 is 5.20. The molecule has 0 saturated heterocycles. The smallest absolute Gasteiger partial charge is 0.319 e. The average molecular weight is 264 g/mol. The lowest BCUT2D eigenvalue weighted by Crippen LogP contribution is -2.30. The number of rotatable bonds is 7. The number of urea groups is 1. The molecule has 2 N–H and O–H groups in total. The first-order valence-corrected chi connectivity index (χ1v) is 6.86. The van der Waals surface area contributed by atoms with Crippen molar-refractivity contribution in [1.82, 2.24) is 5.32 Å². The molecule has 0 fully saturated rings. The zero-order chi connectivity index (χ0) is 14.1. The Balaban J connectivity index is 2.33. The van der Waals surface area contributed by atoms with Crippen molar-refractivity contribution in [2.75, 3.05) is 25.1 Å². The van der Waals surface area contributed by atoms with Gasteiger partial charge in [0.1, 0.15) is 0 Å². The molecule has 1 aromatic rings. The summed E-state index contributed by atoms with van der Waals surface area (Å²) in [5, 5.41) is 5.65. The fourth-order valence-electron chi connectivity index (χ4n) is 1.67. The van der Waals surface area contributed by atoms with Gasteiger partial charge in [-0.15, -0.1) is 0 Å². The Morgan fingerprint density at radius 2 is 2.16 bits per heavy atom. The molecule has 2 amide bonds. The van der Waals surface area contributed by atoms with Crippen LogP contribution in [0.25, 0.3) is 0 Å². The highest BCUT2D eigenvalue weighted by atomic mass is 16.5. The van der Waals surface area contributed by atoms with E-state index >= 15 is 0 Å². The van der Waals surface area contributed by atoms with Crippen LogP contribution in [0.5, 0.6) is 0 Å². The van der Waals surface area contributed by atoms with Crippen LogP contribution < -0.4 is 10.6 Å². The molecule has 4 heteroatoms. The highest BCUT2D eigenvalue weighted by molar-refractivity contribution is 5.89. The predicted octanol–water partition coefficient (Wildman–Crippen LogP) is 3.36. The van der Waals surface area contributed by atoms with Gasteiger partial charge in [-0.3, -0.25) is 0 Å². The van der Waals surface area contributed by atoms with Gasteiger partial charge in [-0.1, -0.05) is 26.0 Å². The van der Waals surface area contributed by atoms with Crippen molar-refractivity contribution in [3.8, 4) is 0 Å². The van der Waals surface area contributed by atoms with Crippen LogP contribution >= 0.6 is 0 Å². The van der Waals surface area contributed by atoms with Crippen molar-refractivity contribution in [2.45, 2.75) is 33.1 Å². The van der Waals surface area contributed by atoms with Crippen LogP contribution in [0.3, 0.4) is 0 Å². The first-order chi connectivity index (χ1) is 9.13. The number of carbonyl (C=O) groups excluding carboxylic acids is 1. The van der Waals surface area contributed by atoms with Crippen molar-refractivity contribution in [3.05, 3.63) is 29.8 Å².